The molecule has 0 amide bonds. The van der Waals surface area contributed by atoms with Crippen molar-refractivity contribution in [2.75, 3.05) is 19.8 Å². The maximum absolute atomic E-state index is 11.9. The summed E-state index contributed by atoms with van der Waals surface area (Å²) >= 11 is 0. The number of ether oxygens (including phenoxy) is 2. The van der Waals surface area contributed by atoms with Crippen LogP contribution in [0.15, 0.2) is 0 Å². The predicted octanol–water partition coefficient (Wildman–Crippen LogP) is 1.60. The Morgan fingerprint density at radius 2 is 1.82 bits per heavy atom. The lowest BCUT2D eigenvalue weighted by Crippen LogP contribution is -2.18. The first-order chi connectivity index (χ1) is 5.18. The van der Waals surface area contributed by atoms with Gasteiger partial charge in [-0.25, -0.2) is 13.2 Å². The van der Waals surface area contributed by atoms with Crippen LogP contribution in [0, 0.1) is 0 Å². The molecule has 1 unspecified atom stereocenters. The van der Waals surface area contributed by atoms with Gasteiger partial charge in [-0.2, -0.15) is 0 Å². The van der Waals surface area contributed by atoms with Gasteiger partial charge in [0.15, 0.2) is 0 Å². The maximum Gasteiger partial charge on any atom is 0.293 e. The summed E-state index contributed by atoms with van der Waals surface area (Å²) in [6.45, 7) is 2.22. The SMILES string of the molecule is CCOCCOC(F)C(F)F. The van der Waals surface area contributed by atoms with E-state index < -0.39 is 12.8 Å². The molecule has 0 radical (unpaired) electrons. The Hall–Kier alpha value is -0.290. The molecule has 0 saturated heterocycles. The molecule has 0 heterocycles. The molecule has 5 heteroatoms. The molecule has 0 N–H and O–H groups in total. The van der Waals surface area contributed by atoms with E-state index in [1.807, 2.05) is 0 Å². The van der Waals surface area contributed by atoms with Crippen molar-refractivity contribution < 1.29 is 22.6 Å². The van der Waals surface area contributed by atoms with Crippen LogP contribution in [0.1, 0.15) is 6.92 Å². The van der Waals surface area contributed by atoms with Crippen molar-refractivity contribution in [1.82, 2.24) is 0 Å². The highest BCUT2D eigenvalue weighted by molar-refractivity contribution is 4.42. The van der Waals surface area contributed by atoms with Crippen LogP contribution in [0.4, 0.5) is 13.2 Å². The van der Waals surface area contributed by atoms with Crippen molar-refractivity contribution in [3.8, 4) is 0 Å². The first-order valence-electron chi connectivity index (χ1n) is 3.30. The molecular formula is C6H11F3O2. The zero-order chi connectivity index (χ0) is 8.69. The number of rotatable bonds is 6. The van der Waals surface area contributed by atoms with Crippen molar-refractivity contribution in [1.29, 1.82) is 0 Å². The first kappa shape index (κ1) is 10.7. The third-order valence-electron chi connectivity index (χ3n) is 0.907. The Balaban J connectivity index is 3.10. The fraction of sp³-hybridized carbons (Fsp3) is 1.00. The summed E-state index contributed by atoms with van der Waals surface area (Å²) in [5, 5.41) is 0. The third-order valence-corrected chi connectivity index (χ3v) is 0.907. The van der Waals surface area contributed by atoms with Crippen LogP contribution < -0.4 is 0 Å². The summed E-state index contributed by atoms with van der Waals surface area (Å²) in [5.41, 5.74) is 0. The van der Waals surface area contributed by atoms with Crippen molar-refractivity contribution in [2.45, 2.75) is 19.7 Å². The molecule has 0 spiro atoms. The van der Waals surface area contributed by atoms with Gasteiger partial charge in [-0.3, -0.25) is 0 Å². The second-order valence-corrected chi connectivity index (χ2v) is 1.75. The van der Waals surface area contributed by atoms with Crippen LogP contribution in [0.5, 0.6) is 0 Å². The van der Waals surface area contributed by atoms with Crippen LogP contribution in [0.2, 0.25) is 0 Å². The van der Waals surface area contributed by atoms with E-state index in [0.29, 0.717) is 6.61 Å². The van der Waals surface area contributed by atoms with Crippen molar-refractivity contribution in [2.24, 2.45) is 0 Å². The van der Waals surface area contributed by atoms with Gasteiger partial charge < -0.3 is 9.47 Å². The van der Waals surface area contributed by atoms with Crippen LogP contribution in [-0.2, 0) is 9.47 Å². The molecule has 0 fully saturated rings. The molecule has 68 valence electrons. The Labute approximate surface area is 63.3 Å². The van der Waals surface area contributed by atoms with Crippen molar-refractivity contribution in [3.63, 3.8) is 0 Å². The van der Waals surface area contributed by atoms with E-state index in [1.165, 1.54) is 0 Å². The molecule has 0 aliphatic carbocycles. The van der Waals surface area contributed by atoms with E-state index in [1.54, 1.807) is 6.92 Å². The van der Waals surface area contributed by atoms with E-state index in [-0.39, 0.29) is 13.2 Å². The second-order valence-electron chi connectivity index (χ2n) is 1.75. The van der Waals surface area contributed by atoms with Crippen molar-refractivity contribution in [3.05, 3.63) is 0 Å². The monoisotopic (exact) mass is 172 g/mol. The van der Waals surface area contributed by atoms with Gasteiger partial charge in [0, 0.05) is 6.61 Å². The zero-order valence-corrected chi connectivity index (χ0v) is 6.23. The molecule has 2 nitrogen and oxygen atoms in total. The molecule has 0 bridgehead atoms. The maximum atomic E-state index is 11.9. The molecule has 1 atom stereocenters. The number of alkyl halides is 3. The quantitative estimate of drug-likeness (QED) is 0.566. The minimum Gasteiger partial charge on any atom is -0.379 e. The van der Waals surface area contributed by atoms with Crippen LogP contribution >= 0.6 is 0 Å². The summed E-state index contributed by atoms with van der Waals surface area (Å²) in [6.07, 6.45) is -5.56. The average molecular weight is 172 g/mol. The zero-order valence-electron chi connectivity index (χ0n) is 6.23. The van der Waals surface area contributed by atoms with E-state index >= 15 is 0 Å². The summed E-state index contributed by atoms with van der Waals surface area (Å²) in [7, 11) is 0. The Morgan fingerprint density at radius 1 is 1.18 bits per heavy atom. The highest BCUT2D eigenvalue weighted by atomic mass is 19.3. The van der Waals surface area contributed by atoms with E-state index in [4.69, 9.17) is 4.74 Å². The third kappa shape index (κ3) is 6.12. The smallest absolute Gasteiger partial charge is 0.293 e. The number of halogens is 3. The van der Waals surface area contributed by atoms with Crippen molar-refractivity contribution >= 4 is 0 Å². The Bertz CT molecular complexity index is 89.9. The molecule has 0 aromatic rings. The molecule has 0 rings (SSSR count). The average Bonchev–Trinajstić information content (AvgIpc) is 1.97. The fourth-order valence-electron chi connectivity index (χ4n) is 0.437. The van der Waals surface area contributed by atoms with Gasteiger partial charge in [-0.05, 0) is 6.92 Å². The molecule has 11 heavy (non-hydrogen) atoms. The highest BCUT2D eigenvalue weighted by Crippen LogP contribution is 2.05. The van der Waals surface area contributed by atoms with Gasteiger partial charge >= 0.3 is 0 Å². The minimum atomic E-state index is -3.07. The summed E-state index contributed by atoms with van der Waals surface area (Å²) < 4.78 is 43.5. The summed E-state index contributed by atoms with van der Waals surface area (Å²) in [6, 6.07) is 0. The molecule has 0 aromatic carbocycles. The van der Waals surface area contributed by atoms with Gasteiger partial charge in [0.2, 0.25) is 0 Å². The molecule has 0 aliphatic rings. The first-order valence-corrected chi connectivity index (χ1v) is 3.30. The van der Waals surface area contributed by atoms with Gasteiger partial charge in [0.05, 0.1) is 13.2 Å². The lowest BCUT2D eigenvalue weighted by atomic mass is 10.7. The lowest BCUT2D eigenvalue weighted by Gasteiger charge is -2.07. The largest absolute Gasteiger partial charge is 0.379 e. The van der Waals surface area contributed by atoms with Crippen LogP contribution in [0.3, 0.4) is 0 Å². The molecular weight excluding hydrogens is 161 g/mol. The van der Waals surface area contributed by atoms with E-state index in [2.05, 4.69) is 4.74 Å². The molecule has 0 aromatic heterocycles. The summed E-state index contributed by atoms with van der Waals surface area (Å²) in [4.78, 5) is 0. The minimum absolute atomic E-state index is 0.140. The Morgan fingerprint density at radius 3 is 2.27 bits per heavy atom. The number of hydrogen-bond donors (Lipinski definition) is 0. The van der Waals surface area contributed by atoms with Gasteiger partial charge in [0.1, 0.15) is 0 Å². The highest BCUT2D eigenvalue weighted by Gasteiger charge is 2.18. The van der Waals surface area contributed by atoms with Crippen LogP contribution in [0.25, 0.3) is 0 Å². The fourth-order valence-corrected chi connectivity index (χ4v) is 0.437. The molecule has 0 aliphatic heterocycles. The Kier molecular flexibility index (Phi) is 6.25. The van der Waals surface area contributed by atoms with Gasteiger partial charge in [-0.15, -0.1) is 0 Å². The van der Waals surface area contributed by atoms with E-state index in [0.717, 1.165) is 0 Å². The standard InChI is InChI=1S/C6H11F3O2/c1-2-10-3-4-11-6(9)5(7)8/h5-6H,2-4H2,1H3. The normalized spacial score (nSPS) is 13.9. The van der Waals surface area contributed by atoms with Gasteiger partial charge in [0.25, 0.3) is 12.8 Å². The topological polar surface area (TPSA) is 18.5 Å². The van der Waals surface area contributed by atoms with E-state index in [9.17, 15) is 13.2 Å². The molecule has 0 saturated carbocycles. The number of hydrogen-bond acceptors (Lipinski definition) is 2. The summed E-state index contributed by atoms with van der Waals surface area (Å²) in [5.74, 6) is 0. The second kappa shape index (κ2) is 6.42. The van der Waals surface area contributed by atoms with Crippen LogP contribution in [-0.4, -0.2) is 32.6 Å². The lowest BCUT2D eigenvalue weighted by molar-refractivity contribution is -0.136. The van der Waals surface area contributed by atoms with Gasteiger partial charge in [-0.1, -0.05) is 0 Å². The predicted molar refractivity (Wildman–Crippen MR) is 33.3 cm³/mol.